The van der Waals surface area contributed by atoms with E-state index >= 15 is 0 Å². The molecule has 2 heterocycles. The van der Waals surface area contributed by atoms with E-state index in [0.29, 0.717) is 29.3 Å². The summed E-state index contributed by atoms with van der Waals surface area (Å²) in [5.41, 5.74) is 7.63. The number of rotatable bonds is 9. The van der Waals surface area contributed by atoms with Crippen LogP contribution >= 0.6 is 11.3 Å². The number of alkyl carbamates (subject to hydrolysis) is 1. The van der Waals surface area contributed by atoms with Crippen LogP contribution in [0.5, 0.6) is 0 Å². The van der Waals surface area contributed by atoms with Crippen molar-refractivity contribution < 1.29 is 23.4 Å². The third-order valence-electron chi connectivity index (χ3n) is 3.49. The van der Waals surface area contributed by atoms with Crippen molar-refractivity contribution in [3.8, 4) is 0 Å². The van der Waals surface area contributed by atoms with Crippen molar-refractivity contribution in [2.24, 2.45) is 15.7 Å². The number of allylic oxidation sites excluding steroid dienone is 2. The number of ether oxygens (including phenoxy) is 1. The topological polar surface area (TPSA) is 134 Å². The Morgan fingerprint density at radius 1 is 1.57 bits per heavy atom. The van der Waals surface area contributed by atoms with Crippen LogP contribution in [-0.4, -0.2) is 54.7 Å². The third kappa shape index (κ3) is 6.70. The molecule has 0 radical (unpaired) electrons. The molecule has 2 rings (SSSR count). The number of hydrogen-bond acceptors (Lipinski definition) is 9. The van der Waals surface area contributed by atoms with Gasteiger partial charge >= 0.3 is 12.6 Å². The summed E-state index contributed by atoms with van der Waals surface area (Å²) in [6.07, 6.45) is 4.11. The van der Waals surface area contributed by atoms with Gasteiger partial charge in [-0.15, -0.1) is 11.3 Å². The largest absolute Gasteiger partial charge is 0.450 e. The lowest BCUT2D eigenvalue weighted by Crippen LogP contribution is -2.31. The van der Waals surface area contributed by atoms with Gasteiger partial charge in [0.2, 0.25) is 0 Å². The first-order valence-electron chi connectivity index (χ1n) is 8.23. The lowest BCUT2D eigenvalue weighted by molar-refractivity contribution is 0.132. The molecule has 5 N–H and O–H groups in total. The molecule has 0 atom stereocenters. The average molecular weight is 414 g/mol. The molecule has 9 nitrogen and oxygen atoms in total. The van der Waals surface area contributed by atoms with Crippen molar-refractivity contribution in [3.63, 3.8) is 0 Å². The van der Waals surface area contributed by atoms with Crippen molar-refractivity contribution in [1.82, 2.24) is 15.6 Å². The minimum Gasteiger partial charge on any atom is -0.450 e. The third-order valence-corrected chi connectivity index (χ3v) is 4.27. The van der Waals surface area contributed by atoms with Crippen LogP contribution < -0.4 is 16.4 Å². The minimum atomic E-state index is -2.81. The average Bonchev–Trinajstić information content (AvgIpc) is 3.19. The highest BCUT2D eigenvalue weighted by Gasteiger charge is 2.19. The second-order valence-corrected chi connectivity index (χ2v) is 6.25. The SMILES string of the molecule is NC(=CC=NC(F)F)C1=C(CCCOC(=O)NCO)NC(c2nccs2)=NC1. The van der Waals surface area contributed by atoms with E-state index in [1.54, 1.807) is 6.20 Å². The molecule has 12 heteroatoms. The van der Waals surface area contributed by atoms with E-state index in [1.165, 1.54) is 17.4 Å². The fraction of sp³-hybridized carbons (Fsp3) is 0.375. The van der Waals surface area contributed by atoms with Gasteiger partial charge in [0.15, 0.2) is 10.8 Å². The van der Waals surface area contributed by atoms with Crippen LogP contribution in [0.3, 0.4) is 0 Å². The maximum Gasteiger partial charge on any atom is 0.408 e. The highest BCUT2D eigenvalue weighted by molar-refractivity contribution is 7.11. The van der Waals surface area contributed by atoms with Gasteiger partial charge in [-0.05, 0) is 18.9 Å². The normalized spacial score (nSPS) is 15.0. The quantitative estimate of drug-likeness (QED) is 0.208. The monoisotopic (exact) mass is 414 g/mol. The number of aliphatic imine (C=N–C) groups is 2. The maximum atomic E-state index is 12.2. The zero-order valence-electron chi connectivity index (χ0n) is 14.8. The molecule has 0 saturated carbocycles. The fourth-order valence-corrected chi connectivity index (χ4v) is 2.87. The number of nitrogens with zero attached hydrogens (tertiary/aromatic N) is 3. The van der Waals surface area contributed by atoms with E-state index in [2.05, 4.69) is 25.6 Å². The van der Waals surface area contributed by atoms with Crippen molar-refractivity contribution in [1.29, 1.82) is 0 Å². The highest BCUT2D eigenvalue weighted by atomic mass is 32.1. The van der Waals surface area contributed by atoms with Crippen LogP contribution in [0.4, 0.5) is 13.6 Å². The number of nitrogens with one attached hydrogen (secondary N) is 2. The van der Waals surface area contributed by atoms with E-state index in [4.69, 9.17) is 15.6 Å². The Bertz CT molecular complexity index is 777. The Hall–Kier alpha value is -2.86. The van der Waals surface area contributed by atoms with Crippen molar-refractivity contribution in [3.05, 3.63) is 39.6 Å². The number of aliphatic hydroxyl groups excluding tert-OH is 1. The first-order chi connectivity index (χ1) is 13.5. The molecule has 0 fully saturated rings. The summed E-state index contributed by atoms with van der Waals surface area (Å²) in [7, 11) is 0. The predicted octanol–water partition coefficient (Wildman–Crippen LogP) is 1.34. The van der Waals surface area contributed by atoms with Crippen LogP contribution in [0.15, 0.2) is 44.6 Å². The molecule has 1 aliphatic heterocycles. The molecular weight excluding hydrogens is 394 g/mol. The molecule has 152 valence electrons. The van der Waals surface area contributed by atoms with Gasteiger partial charge in [0, 0.05) is 34.8 Å². The molecule has 28 heavy (non-hydrogen) atoms. The Morgan fingerprint density at radius 2 is 2.39 bits per heavy atom. The van der Waals surface area contributed by atoms with Crippen LogP contribution in [0.25, 0.3) is 0 Å². The van der Waals surface area contributed by atoms with Gasteiger partial charge < -0.3 is 20.9 Å². The summed E-state index contributed by atoms with van der Waals surface area (Å²) in [6.45, 7) is -2.96. The molecule has 0 aliphatic carbocycles. The van der Waals surface area contributed by atoms with Crippen molar-refractivity contribution in [2.75, 3.05) is 19.9 Å². The number of amides is 1. The molecule has 0 aromatic carbocycles. The van der Waals surface area contributed by atoms with Crippen LogP contribution in [0, 0.1) is 0 Å². The smallest absolute Gasteiger partial charge is 0.408 e. The molecule has 1 aromatic heterocycles. The molecule has 0 bridgehead atoms. The van der Waals surface area contributed by atoms with E-state index in [9.17, 15) is 13.6 Å². The zero-order chi connectivity index (χ0) is 20.4. The van der Waals surface area contributed by atoms with Crippen molar-refractivity contribution >= 4 is 29.5 Å². The molecule has 1 aromatic rings. The number of thiazole rings is 1. The second kappa shape index (κ2) is 11.1. The number of halogens is 2. The van der Waals surface area contributed by atoms with Gasteiger partial charge in [-0.25, -0.2) is 14.8 Å². The molecule has 0 saturated heterocycles. The van der Waals surface area contributed by atoms with E-state index in [-0.39, 0.29) is 18.8 Å². The van der Waals surface area contributed by atoms with Crippen LogP contribution in [0.2, 0.25) is 0 Å². The number of alkyl halides is 2. The summed E-state index contributed by atoms with van der Waals surface area (Å²) in [5, 5.41) is 16.4. The van der Waals surface area contributed by atoms with Crippen LogP contribution in [0.1, 0.15) is 17.8 Å². The number of carbonyl (C=O) groups is 1. The summed E-state index contributed by atoms with van der Waals surface area (Å²) < 4.78 is 29.2. The van der Waals surface area contributed by atoms with E-state index in [1.807, 2.05) is 5.38 Å². The van der Waals surface area contributed by atoms with Gasteiger partial charge in [0.05, 0.1) is 13.2 Å². The lowest BCUT2D eigenvalue weighted by atomic mass is 10.0. The number of aliphatic hydroxyl groups is 1. The minimum absolute atomic E-state index is 0.116. The Balaban J connectivity index is 2.08. The van der Waals surface area contributed by atoms with Gasteiger partial charge in [-0.2, -0.15) is 8.78 Å². The number of carbonyl (C=O) groups excluding carboxylic acids is 1. The summed E-state index contributed by atoms with van der Waals surface area (Å²) in [5.74, 6) is 0.585. The van der Waals surface area contributed by atoms with E-state index < -0.39 is 19.4 Å². The standard InChI is InChI=1S/C16H20F2N6O3S/c17-15(18)21-4-3-11(19)10-8-22-13(14-20-5-7-28-14)24-12(10)2-1-6-27-16(26)23-9-25/h3-5,7,15,25H,1-2,6,8-9,19H2,(H,22,24)(H,23,26). The Morgan fingerprint density at radius 3 is 3.07 bits per heavy atom. The van der Waals surface area contributed by atoms with Crippen molar-refractivity contribution in [2.45, 2.75) is 19.4 Å². The van der Waals surface area contributed by atoms with Crippen LogP contribution in [-0.2, 0) is 4.74 Å². The maximum absolute atomic E-state index is 12.2. The second-order valence-electron chi connectivity index (χ2n) is 5.36. The van der Waals surface area contributed by atoms with Gasteiger partial charge in [-0.1, -0.05) is 0 Å². The lowest BCUT2D eigenvalue weighted by Gasteiger charge is -2.22. The first kappa shape index (κ1) is 21.4. The predicted molar refractivity (Wildman–Crippen MR) is 101 cm³/mol. The van der Waals surface area contributed by atoms with Gasteiger partial charge in [-0.3, -0.25) is 10.3 Å². The molecule has 1 amide bonds. The van der Waals surface area contributed by atoms with Gasteiger partial charge in [0.1, 0.15) is 6.73 Å². The highest BCUT2D eigenvalue weighted by Crippen LogP contribution is 2.20. The van der Waals surface area contributed by atoms with Gasteiger partial charge in [0.25, 0.3) is 0 Å². The first-order valence-corrected chi connectivity index (χ1v) is 9.11. The number of amidine groups is 1. The molecular formula is C16H20F2N6O3S. The Labute approximate surface area is 163 Å². The summed E-state index contributed by atoms with van der Waals surface area (Å²) >= 11 is 1.42. The molecule has 0 spiro atoms. The zero-order valence-corrected chi connectivity index (χ0v) is 15.6. The molecule has 1 aliphatic rings. The number of aromatic nitrogens is 1. The number of hydrogen-bond donors (Lipinski definition) is 4. The number of nitrogens with two attached hydrogens (primary N) is 1. The molecule has 0 unspecified atom stereocenters. The Kier molecular flexibility index (Phi) is 8.49. The van der Waals surface area contributed by atoms with E-state index in [0.717, 1.165) is 11.9 Å². The summed E-state index contributed by atoms with van der Waals surface area (Å²) in [6, 6.07) is 0. The summed E-state index contributed by atoms with van der Waals surface area (Å²) in [4.78, 5) is 22.8. The fourth-order valence-electron chi connectivity index (χ4n) is 2.27.